The molecule has 0 saturated heterocycles. The molecule has 1 aromatic heterocycles. The molecule has 0 aliphatic carbocycles. The maximum absolute atomic E-state index is 13.8. The number of pyridine rings is 1. The Kier molecular flexibility index (Phi) is 5.95. The Balaban J connectivity index is 1.97. The second-order valence-electron chi connectivity index (χ2n) is 7.15. The van der Waals surface area contributed by atoms with Crippen molar-refractivity contribution in [3.63, 3.8) is 0 Å². The van der Waals surface area contributed by atoms with Crippen LogP contribution in [0.15, 0.2) is 84.5 Å². The summed E-state index contributed by atoms with van der Waals surface area (Å²) in [6.45, 7) is 0. The van der Waals surface area contributed by atoms with E-state index in [-0.39, 0.29) is 16.4 Å². The average Bonchev–Trinajstić information content (AvgIpc) is 2.80. The molecule has 1 aliphatic heterocycles. The van der Waals surface area contributed by atoms with E-state index < -0.39 is 23.5 Å². The first-order chi connectivity index (χ1) is 15.4. The molecule has 1 amide bonds. The Labute approximate surface area is 194 Å². The van der Waals surface area contributed by atoms with Gasteiger partial charge >= 0.3 is 0 Å². The topological polar surface area (TPSA) is 100 Å². The number of rotatable bonds is 4. The second-order valence-corrected chi connectivity index (χ2v) is 7.99. The predicted octanol–water partition coefficient (Wildman–Crippen LogP) is 4.71. The summed E-state index contributed by atoms with van der Waals surface area (Å²) in [5.41, 5.74) is 7.49. The molecule has 0 spiro atoms. The van der Waals surface area contributed by atoms with Crippen molar-refractivity contribution in [3.8, 4) is 6.07 Å². The molecule has 6 nitrogen and oxygen atoms in total. The molecule has 0 fully saturated rings. The molecule has 32 heavy (non-hydrogen) atoms. The number of Topliss-reactive ketones (excluding diaryl/α,β-unsaturated/α-hetero) is 1. The molecule has 2 unspecified atom stereocenters. The second kappa shape index (κ2) is 8.83. The number of allylic oxidation sites excluding steroid dienone is 1. The van der Waals surface area contributed by atoms with E-state index in [9.17, 15) is 14.9 Å². The quantitative estimate of drug-likeness (QED) is 0.446. The zero-order valence-electron chi connectivity index (χ0n) is 16.6. The number of halogens is 2. The Morgan fingerprint density at radius 3 is 2.47 bits per heavy atom. The normalized spacial score (nSPS) is 18.4. The van der Waals surface area contributed by atoms with Crippen LogP contribution >= 0.6 is 23.2 Å². The number of amides is 1. The first kappa shape index (κ1) is 21.6. The number of nitriles is 1. The van der Waals surface area contributed by atoms with E-state index in [1.807, 2.05) is 0 Å². The molecule has 2 aromatic carbocycles. The van der Waals surface area contributed by atoms with Gasteiger partial charge in [-0.1, -0.05) is 59.6 Å². The van der Waals surface area contributed by atoms with E-state index in [1.54, 1.807) is 60.8 Å². The minimum Gasteiger partial charge on any atom is -0.384 e. The van der Waals surface area contributed by atoms with Gasteiger partial charge in [0.2, 0.25) is 5.91 Å². The third-order valence-electron chi connectivity index (χ3n) is 5.31. The van der Waals surface area contributed by atoms with Gasteiger partial charge in [-0.25, -0.2) is 0 Å². The van der Waals surface area contributed by atoms with Gasteiger partial charge in [0.1, 0.15) is 11.7 Å². The maximum atomic E-state index is 13.8. The lowest BCUT2D eigenvalue weighted by Crippen LogP contribution is -2.49. The zero-order chi connectivity index (χ0) is 22.8. The monoisotopic (exact) mass is 462 g/mol. The van der Waals surface area contributed by atoms with Crippen LogP contribution in [0.4, 0.5) is 5.69 Å². The van der Waals surface area contributed by atoms with Crippen LogP contribution in [0.1, 0.15) is 21.8 Å². The maximum Gasteiger partial charge on any atom is 0.244 e. The van der Waals surface area contributed by atoms with Crippen LogP contribution in [-0.2, 0) is 4.79 Å². The molecular formula is C24H16Cl2N4O2. The lowest BCUT2D eigenvalue weighted by atomic mass is 9.74. The number of benzene rings is 2. The fourth-order valence-corrected chi connectivity index (χ4v) is 4.39. The molecule has 0 bridgehead atoms. The summed E-state index contributed by atoms with van der Waals surface area (Å²) in [4.78, 5) is 32.6. The molecule has 8 heteroatoms. The van der Waals surface area contributed by atoms with Crippen LogP contribution in [0.5, 0.6) is 0 Å². The van der Waals surface area contributed by atoms with Gasteiger partial charge in [0.05, 0.1) is 23.5 Å². The van der Waals surface area contributed by atoms with E-state index in [0.717, 1.165) is 4.90 Å². The molecule has 158 valence electrons. The summed E-state index contributed by atoms with van der Waals surface area (Å²) in [6, 6.07) is 18.5. The number of hydrogen-bond donors (Lipinski definition) is 1. The van der Waals surface area contributed by atoms with Gasteiger partial charge in [-0.15, -0.1) is 0 Å². The van der Waals surface area contributed by atoms with Crippen molar-refractivity contribution in [2.75, 3.05) is 4.90 Å². The van der Waals surface area contributed by atoms with Gasteiger partial charge in [0.25, 0.3) is 0 Å². The van der Waals surface area contributed by atoms with Crippen LogP contribution in [-0.4, -0.2) is 16.7 Å². The fraction of sp³-hybridized carbons (Fsp3) is 0.0833. The number of hydrogen-bond acceptors (Lipinski definition) is 5. The third kappa shape index (κ3) is 3.73. The molecule has 2 heterocycles. The Hall–Kier alpha value is -3.66. The van der Waals surface area contributed by atoms with E-state index in [1.165, 1.54) is 12.3 Å². The Bertz CT molecular complexity index is 1270. The largest absolute Gasteiger partial charge is 0.384 e. The third-order valence-corrected chi connectivity index (χ3v) is 5.87. The first-order valence-corrected chi connectivity index (χ1v) is 10.4. The van der Waals surface area contributed by atoms with Crippen molar-refractivity contribution in [2.24, 2.45) is 11.7 Å². The highest BCUT2D eigenvalue weighted by atomic mass is 35.5. The molecule has 3 aromatic rings. The van der Waals surface area contributed by atoms with Gasteiger partial charge < -0.3 is 5.73 Å². The van der Waals surface area contributed by atoms with E-state index in [2.05, 4.69) is 11.1 Å². The molecule has 0 saturated carbocycles. The van der Waals surface area contributed by atoms with Crippen LogP contribution in [0.2, 0.25) is 10.0 Å². The molecule has 1 aliphatic rings. The number of nitrogens with two attached hydrogens (primary N) is 1. The smallest absolute Gasteiger partial charge is 0.244 e. The number of ketones is 1. The van der Waals surface area contributed by atoms with Gasteiger partial charge in [0, 0.05) is 27.7 Å². The predicted molar refractivity (Wildman–Crippen MR) is 122 cm³/mol. The summed E-state index contributed by atoms with van der Waals surface area (Å²) in [5, 5.41) is 10.7. The van der Waals surface area contributed by atoms with Crippen molar-refractivity contribution >= 4 is 40.6 Å². The van der Waals surface area contributed by atoms with E-state index in [4.69, 9.17) is 28.9 Å². The zero-order valence-corrected chi connectivity index (χ0v) is 18.1. The summed E-state index contributed by atoms with van der Waals surface area (Å²) in [7, 11) is 0. The number of anilines is 1. The number of carbonyl (C=O) groups is 2. The van der Waals surface area contributed by atoms with Crippen molar-refractivity contribution < 1.29 is 9.59 Å². The molecule has 0 radical (unpaired) electrons. The lowest BCUT2D eigenvalue weighted by Gasteiger charge is -2.37. The summed E-state index contributed by atoms with van der Waals surface area (Å²) in [6.07, 6.45) is 2.99. The highest BCUT2D eigenvalue weighted by Gasteiger charge is 2.47. The molecule has 2 N–H and O–H groups in total. The number of carbonyl (C=O) groups excluding carboxylic acids is 2. The van der Waals surface area contributed by atoms with Crippen LogP contribution < -0.4 is 10.6 Å². The van der Waals surface area contributed by atoms with Crippen molar-refractivity contribution in [1.82, 2.24) is 4.98 Å². The van der Waals surface area contributed by atoms with Crippen LogP contribution in [0, 0.1) is 17.2 Å². The average molecular weight is 463 g/mol. The highest BCUT2D eigenvalue weighted by molar-refractivity contribution is 6.35. The first-order valence-electron chi connectivity index (χ1n) is 9.62. The van der Waals surface area contributed by atoms with Crippen LogP contribution in [0.25, 0.3) is 0 Å². The van der Waals surface area contributed by atoms with Crippen LogP contribution in [0.3, 0.4) is 0 Å². The van der Waals surface area contributed by atoms with E-state index >= 15 is 0 Å². The SMILES string of the molecule is N#CC1=C(N)N(c2cccnc2)C(=O)C(C(=O)c2ccccc2)C1c1ccc(Cl)cc1Cl. The molecule has 2 atom stereocenters. The standard InChI is InChI=1S/C24H16Cl2N4O2/c25-15-8-9-17(19(26)11-15)20-18(12-27)23(28)30(16-7-4-10-29-13-16)24(32)21(20)22(31)14-5-2-1-3-6-14/h1-11,13,20-21H,28H2. The van der Waals surface area contributed by atoms with Crippen molar-refractivity contribution in [3.05, 3.63) is 106 Å². The van der Waals surface area contributed by atoms with Gasteiger partial charge in [-0.05, 0) is 29.8 Å². The minimum absolute atomic E-state index is 0.0620. The summed E-state index contributed by atoms with van der Waals surface area (Å²) in [5.74, 6) is -3.32. The van der Waals surface area contributed by atoms with Gasteiger partial charge in [-0.2, -0.15) is 5.26 Å². The lowest BCUT2D eigenvalue weighted by molar-refractivity contribution is -0.121. The fourth-order valence-electron chi connectivity index (χ4n) is 3.86. The minimum atomic E-state index is -1.27. The van der Waals surface area contributed by atoms with Crippen molar-refractivity contribution in [2.45, 2.75) is 5.92 Å². The van der Waals surface area contributed by atoms with Crippen molar-refractivity contribution in [1.29, 1.82) is 5.26 Å². The van der Waals surface area contributed by atoms with Gasteiger partial charge in [-0.3, -0.25) is 19.5 Å². The Morgan fingerprint density at radius 2 is 1.84 bits per heavy atom. The molecule has 4 rings (SSSR count). The highest BCUT2D eigenvalue weighted by Crippen LogP contribution is 2.44. The Morgan fingerprint density at radius 1 is 1.09 bits per heavy atom. The van der Waals surface area contributed by atoms with E-state index in [0.29, 0.717) is 21.8 Å². The summed E-state index contributed by atoms with van der Waals surface area (Å²) < 4.78 is 0. The number of nitrogens with zero attached hydrogens (tertiary/aromatic N) is 3. The number of aromatic nitrogens is 1. The molecular weight excluding hydrogens is 447 g/mol. The summed E-state index contributed by atoms with van der Waals surface area (Å²) >= 11 is 12.5. The van der Waals surface area contributed by atoms with Gasteiger partial charge in [0.15, 0.2) is 5.78 Å².